The van der Waals surface area contributed by atoms with Gasteiger partial charge in [0.05, 0.1) is 11.9 Å². The maximum atomic E-state index is 12.1. The van der Waals surface area contributed by atoms with E-state index in [0.29, 0.717) is 17.9 Å². The third kappa shape index (κ3) is 3.05. The zero-order valence-corrected chi connectivity index (χ0v) is 12.2. The molecule has 6 nitrogen and oxygen atoms in total. The second-order valence-electron chi connectivity index (χ2n) is 4.02. The Hall–Kier alpha value is -2.15. The summed E-state index contributed by atoms with van der Waals surface area (Å²) >= 11 is 3.32. The van der Waals surface area contributed by atoms with Crippen LogP contribution in [0, 0.1) is 0 Å². The van der Waals surface area contributed by atoms with E-state index in [1.54, 1.807) is 10.6 Å². The van der Waals surface area contributed by atoms with E-state index in [2.05, 4.69) is 26.2 Å². The smallest absolute Gasteiger partial charge is 0.354 e. The van der Waals surface area contributed by atoms with Crippen LogP contribution in [0.5, 0.6) is 0 Å². The van der Waals surface area contributed by atoms with Crippen molar-refractivity contribution in [1.82, 2.24) is 9.55 Å². The van der Waals surface area contributed by atoms with Gasteiger partial charge < -0.3 is 15.0 Å². The van der Waals surface area contributed by atoms with Crippen molar-refractivity contribution in [3.05, 3.63) is 46.5 Å². The fourth-order valence-corrected chi connectivity index (χ4v) is 2.18. The molecular formula is C13H12BrN3O3. The van der Waals surface area contributed by atoms with Crippen molar-refractivity contribution >= 4 is 33.5 Å². The first-order valence-corrected chi connectivity index (χ1v) is 6.67. The quantitative estimate of drug-likeness (QED) is 0.898. The number of pyridine rings is 1. The molecule has 7 heteroatoms. The van der Waals surface area contributed by atoms with Crippen molar-refractivity contribution in [2.24, 2.45) is 0 Å². The van der Waals surface area contributed by atoms with E-state index in [4.69, 9.17) is 5.11 Å². The SMILES string of the molecule is CCn1cc(Br)cc1C(=O)Nc1ccc(C(=O)O)nc1. The minimum Gasteiger partial charge on any atom is -0.477 e. The van der Waals surface area contributed by atoms with E-state index in [0.717, 1.165) is 4.47 Å². The normalized spacial score (nSPS) is 10.3. The first-order valence-electron chi connectivity index (χ1n) is 5.87. The lowest BCUT2D eigenvalue weighted by atomic mass is 10.3. The molecule has 0 spiro atoms. The Morgan fingerprint density at radius 2 is 2.20 bits per heavy atom. The molecule has 2 aromatic rings. The van der Waals surface area contributed by atoms with E-state index < -0.39 is 5.97 Å². The molecule has 0 saturated carbocycles. The molecule has 0 aromatic carbocycles. The molecule has 20 heavy (non-hydrogen) atoms. The third-order valence-corrected chi connectivity index (χ3v) is 3.11. The highest BCUT2D eigenvalue weighted by molar-refractivity contribution is 9.10. The number of nitrogens with zero attached hydrogens (tertiary/aromatic N) is 2. The largest absolute Gasteiger partial charge is 0.477 e. The van der Waals surface area contributed by atoms with Crippen LogP contribution in [-0.4, -0.2) is 26.5 Å². The van der Waals surface area contributed by atoms with Gasteiger partial charge in [-0.3, -0.25) is 4.79 Å². The highest BCUT2D eigenvalue weighted by Crippen LogP contribution is 2.16. The van der Waals surface area contributed by atoms with Gasteiger partial charge in [-0.05, 0) is 41.1 Å². The van der Waals surface area contributed by atoms with Crippen molar-refractivity contribution in [3.63, 3.8) is 0 Å². The Morgan fingerprint density at radius 1 is 1.45 bits per heavy atom. The maximum Gasteiger partial charge on any atom is 0.354 e. The van der Waals surface area contributed by atoms with Crippen LogP contribution >= 0.6 is 15.9 Å². The fourth-order valence-electron chi connectivity index (χ4n) is 1.72. The van der Waals surface area contributed by atoms with Gasteiger partial charge in [0.15, 0.2) is 0 Å². The van der Waals surface area contributed by atoms with Crippen LogP contribution in [0.4, 0.5) is 5.69 Å². The highest BCUT2D eigenvalue weighted by Gasteiger charge is 2.13. The van der Waals surface area contributed by atoms with Crippen LogP contribution < -0.4 is 5.32 Å². The van der Waals surface area contributed by atoms with Crippen LogP contribution in [0.15, 0.2) is 35.1 Å². The predicted molar refractivity (Wildman–Crippen MR) is 77.0 cm³/mol. The second-order valence-corrected chi connectivity index (χ2v) is 4.94. The summed E-state index contributed by atoms with van der Waals surface area (Å²) in [5, 5.41) is 11.4. The topological polar surface area (TPSA) is 84.2 Å². The summed E-state index contributed by atoms with van der Waals surface area (Å²) in [4.78, 5) is 26.6. The minimum atomic E-state index is -1.10. The monoisotopic (exact) mass is 337 g/mol. The molecule has 2 N–H and O–H groups in total. The van der Waals surface area contributed by atoms with Crippen LogP contribution in [0.2, 0.25) is 0 Å². The van der Waals surface area contributed by atoms with E-state index in [1.807, 2.05) is 13.1 Å². The number of carbonyl (C=O) groups excluding carboxylic acids is 1. The lowest BCUT2D eigenvalue weighted by molar-refractivity contribution is 0.0690. The average Bonchev–Trinajstić information content (AvgIpc) is 2.80. The molecule has 2 aromatic heterocycles. The number of aromatic nitrogens is 2. The number of aromatic carboxylic acids is 1. The van der Waals surface area contributed by atoms with Crippen molar-refractivity contribution in [2.45, 2.75) is 13.5 Å². The summed E-state index contributed by atoms with van der Waals surface area (Å²) in [6.45, 7) is 2.61. The highest BCUT2D eigenvalue weighted by atomic mass is 79.9. The van der Waals surface area contributed by atoms with Gasteiger partial charge in [0.2, 0.25) is 0 Å². The number of anilines is 1. The molecule has 0 bridgehead atoms. The average molecular weight is 338 g/mol. The second kappa shape index (κ2) is 5.87. The van der Waals surface area contributed by atoms with Gasteiger partial charge in [-0.1, -0.05) is 0 Å². The van der Waals surface area contributed by atoms with E-state index >= 15 is 0 Å². The van der Waals surface area contributed by atoms with Gasteiger partial charge >= 0.3 is 5.97 Å². The van der Waals surface area contributed by atoms with E-state index in [1.165, 1.54) is 18.3 Å². The lowest BCUT2D eigenvalue weighted by Gasteiger charge is -2.07. The zero-order valence-electron chi connectivity index (χ0n) is 10.6. The van der Waals surface area contributed by atoms with Gasteiger partial charge in [0.25, 0.3) is 5.91 Å². The molecule has 1 amide bonds. The van der Waals surface area contributed by atoms with Crippen molar-refractivity contribution in [1.29, 1.82) is 0 Å². The number of nitrogens with one attached hydrogen (secondary N) is 1. The number of carboxylic acid groups (broad SMARTS) is 1. The number of hydrogen-bond donors (Lipinski definition) is 2. The molecule has 2 rings (SSSR count). The summed E-state index contributed by atoms with van der Waals surface area (Å²) in [5.41, 5.74) is 0.893. The van der Waals surface area contributed by atoms with Crippen LogP contribution in [0.25, 0.3) is 0 Å². The molecule has 0 atom stereocenters. The third-order valence-electron chi connectivity index (χ3n) is 2.68. The molecule has 0 saturated heterocycles. The summed E-state index contributed by atoms with van der Waals surface area (Å²) < 4.78 is 2.63. The number of amides is 1. The van der Waals surface area contributed by atoms with Gasteiger partial charge in [0.1, 0.15) is 11.4 Å². The first kappa shape index (κ1) is 14.3. The van der Waals surface area contributed by atoms with Crippen LogP contribution in [-0.2, 0) is 6.54 Å². The Kier molecular flexibility index (Phi) is 4.19. The molecule has 0 unspecified atom stereocenters. The van der Waals surface area contributed by atoms with Gasteiger partial charge in [-0.2, -0.15) is 0 Å². The van der Waals surface area contributed by atoms with Gasteiger partial charge in [-0.15, -0.1) is 0 Å². The number of carboxylic acids is 1. The molecule has 0 aliphatic rings. The Bertz CT molecular complexity index is 649. The van der Waals surface area contributed by atoms with Crippen LogP contribution in [0.1, 0.15) is 27.9 Å². The van der Waals surface area contributed by atoms with Crippen molar-refractivity contribution in [3.8, 4) is 0 Å². The van der Waals surface area contributed by atoms with Crippen molar-refractivity contribution in [2.75, 3.05) is 5.32 Å². The Labute approximate surface area is 123 Å². The van der Waals surface area contributed by atoms with Gasteiger partial charge in [0, 0.05) is 17.2 Å². The number of halogens is 1. The summed E-state index contributed by atoms with van der Waals surface area (Å²) in [6.07, 6.45) is 3.14. The zero-order chi connectivity index (χ0) is 14.7. The number of carbonyl (C=O) groups is 2. The maximum absolute atomic E-state index is 12.1. The number of aryl methyl sites for hydroxylation is 1. The summed E-state index contributed by atoms with van der Waals surface area (Å²) in [7, 11) is 0. The first-order chi connectivity index (χ1) is 9.51. The van der Waals surface area contributed by atoms with E-state index in [9.17, 15) is 9.59 Å². The van der Waals surface area contributed by atoms with Crippen molar-refractivity contribution < 1.29 is 14.7 Å². The standard InChI is InChI=1S/C13H12BrN3O3/c1-2-17-7-8(14)5-11(17)12(18)16-9-3-4-10(13(19)20)15-6-9/h3-7H,2H2,1H3,(H,16,18)(H,19,20). The molecule has 0 radical (unpaired) electrons. The predicted octanol–water partition coefficient (Wildman–Crippen LogP) is 2.62. The molecule has 104 valence electrons. The molecule has 0 aliphatic carbocycles. The van der Waals surface area contributed by atoms with Gasteiger partial charge in [-0.25, -0.2) is 9.78 Å². The fraction of sp³-hybridized carbons (Fsp3) is 0.154. The molecule has 2 heterocycles. The number of hydrogen-bond acceptors (Lipinski definition) is 3. The van der Waals surface area contributed by atoms with E-state index in [-0.39, 0.29) is 11.6 Å². The lowest BCUT2D eigenvalue weighted by Crippen LogP contribution is -2.16. The summed E-state index contributed by atoms with van der Waals surface area (Å²) in [5.74, 6) is -1.38. The Morgan fingerprint density at radius 3 is 2.75 bits per heavy atom. The number of rotatable bonds is 4. The minimum absolute atomic E-state index is 0.0670. The molecule has 0 fully saturated rings. The molecular weight excluding hydrogens is 326 g/mol. The summed E-state index contributed by atoms with van der Waals surface area (Å²) in [6, 6.07) is 4.56. The van der Waals surface area contributed by atoms with Crippen LogP contribution in [0.3, 0.4) is 0 Å². The Balaban J connectivity index is 2.16. The molecule has 0 aliphatic heterocycles.